The van der Waals surface area contributed by atoms with Gasteiger partial charge >= 0.3 is 0 Å². The van der Waals surface area contributed by atoms with Crippen molar-refractivity contribution in [2.24, 2.45) is 0 Å². The first-order valence-electron chi connectivity index (χ1n) is 15.1. The molecular weight excluding hydrogens is 695 g/mol. The number of anilines is 1. The van der Waals surface area contributed by atoms with Crippen LogP contribution in [0.3, 0.4) is 0 Å². The van der Waals surface area contributed by atoms with Crippen LogP contribution in [0.2, 0.25) is 0 Å². The lowest BCUT2D eigenvalue weighted by atomic mass is 10.1. The van der Waals surface area contributed by atoms with Crippen molar-refractivity contribution in [3.8, 4) is 0 Å². The van der Waals surface area contributed by atoms with Crippen LogP contribution in [0, 0.1) is 0 Å². The Morgan fingerprint density at radius 3 is 2.16 bits per heavy atom. The van der Waals surface area contributed by atoms with Crippen LogP contribution in [0.1, 0.15) is 32.7 Å². The lowest BCUT2D eigenvalue weighted by Gasteiger charge is -2.19. The van der Waals surface area contributed by atoms with E-state index in [4.69, 9.17) is 0 Å². The standard InChI is InChI=1S/C36H35N4OS2.HI/c1-5-37-29(20-22-32-40(8-4)34-26-15-11-9-13-24(26)18-21-30(34)42-32)36(41)39(7-3)31(37)23-33-38(6-2)28-19-17-25-14-10-12-16-27(25)35(28)43-33;/h9-23H,5-8H2,1-4H3;1H/q+1;/p-1/b29-20-,32-22-;. The molecule has 8 heteroatoms. The summed E-state index contributed by atoms with van der Waals surface area (Å²) in [6.45, 7) is 11.6. The lowest BCUT2D eigenvalue weighted by Crippen LogP contribution is -3.00. The first-order valence-corrected chi connectivity index (χ1v) is 16.7. The van der Waals surface area contributed by atoms with E-state index in [-0.39, 0.29) is 29.5 Å². The summed E-state index contributed by atoms with van der Waals surface area (Å²) < 4.78 is 7.74. The molecule has 0 saturated carbocycles. The summed E-state index contributed by atoms with van der Waals surface area (Å²) in [5.74, 6) is 0. The molecule has 3 heterocycles. The van der Waals surface area contributed by atoms with E-state index in [9.17, 15) is 4.79 Å². The average molecular weight is 731 g/mol. The number of aromatic nitrogens is 3. The van der Waals surface area contributed by atoms with Crippen LogP contribution in [0.5, 0.6) is 0 Å². The lowest BCUT2D eigenvalue weighted by molar-refractivity contribution is -0.665. The van der Waals surface area contributed by atoms with Gasteiger partial charge in [-0.3, -0.25) is 9.36 Å². The normalized spacial score (nSPS) is 14.8. The molecular formula is C36H35IN4OS2. The number of benzene rings is 4. The molecule has 0 fully saturated rings. The molecule has 44 heavy (non-hydrogen) atoms. The van der Waals surface area contributed by atoms with Gasteiger partial charge in [0.2, 0.25) is 5.52 Å². The zero-order valence-electron chi connectivity index (χ0n) is 25.4. The molecule has 0 aliphatic carbocycles. The highest BCUT2D eigenvalue weighted by molar-refractivity contribution is 8.03. The Hall–Kier alpha value is -3.34. The topological polar surface area (TPSA) is 34.0 Å². The molecule has 0 amide bonds. The van der Waals surface area contributed by atoms with E-state index in [0.29, 0.717) is 13.1 Å². The number of imidazole rings is 1. The van der Waals surface area contributed by atoms with Crippen LogP contribution < -0.4 is 49.8 Å². The minimum Gasteiger partial charge on any atom is -1.00 e. The Morgan fingerprint density at radius 1 is 0.773 bits per heavy atom. The summed E-state index contributed by atoms with van der Waals surface area (Å²) in [6.07, 6.45) is 6.38. The molecule has 5 nitrogen and oxygen atoms in total. The summed E-state index contributed by atoms with van der Waals surface area (Å²) in [5, 5.41) is 8.05. The minimum atomic E-state index is 0. The third-order valence-electron chi connectivity index (χ3n) is 8.45. The van der Waals surface area contributed by atoms with Gasteiger partial charge in [-0.2, -0.15) is 4.57 Å². The van der Waals surface area contributed by atoms with Crippen molar-refractivity contribution in [1.82, 2.24) is 9.13 Å². The minimum absolute atomic E-state index is 0. The Labute approximate surface area is 282 Å². The molecule has 0 radical (unpaired) electrons. The fraction of sp³-hybridized carbons (Fsp3) is 0.222. The Bertz CT molecular complexity index is 2260. The molecule has 0 saturated heterocycles. The van der Waals surface area contributed by atoms with Crippen LogP contribution in [0.15, 0.2) is 93.6 Å². The number of halogens is 1. The van der Waals surface area contributed by atoms with Gasteiger partial charge in [0.05, 0.1) is 16.8 Å². The maximum Gasteiger partial charge on any atom is 0.276 e. The van der Waals surface area contributed by atoms with Gasteiger partial charge in [-0.05, 0) is 62.8 Å². The van der Waals surface area contributed by atoms with Gasteiger partial charge in [0, 0.05) is 41.4 Å². The van der Waals surface area contributed by atoms with Gasteiger partial charge in [-0.1, -0.05) is 77.7 Å². The van der Waals surface area contributed by atoms with Crippen molar-refractivity contribution < 1.29 is 28.5 Å². The molecule has 4 aromatic carbocycles. The molecule has 224 valence electrons. The van der Waals surface area contributed by atoms with Gasteiger partial charge in [-0.25, -0.2) is 0 Å². The predicted molar refractivity (Wildman–Crippen MR) is 183 cm³/mol. The summed E-state index contributed by atoms with van der Waals surface area (Å²) in [7, 11) is 0. The molecule has 0 bridgehead atoms. The van der Waals surface area contributed by atoms with E-state index >= 15 is 0 Å². The van der Waals surface area contributed by atoms with Crippen molar-refractivity contribution in [3.05, 3.63) is 110 Å². The second-order valence-electron chi connectivity index (χ2n) is 10.7. The largest absolute Gasteiger partial charge is 1.00 e. The van der Waals surface area contributed by atoms with Gasteiger partial charge in [0.25, 0.3) is 10.6 Å². The number of allylic oxidation sites excluding steroid dienone is 1. The van der Waals surface area contributed by atoms with Crippen LogP contribution in [-0.4, -0.2) is 15.7 Å². The van der Waals surface area contributed by atoms with Gasteiger partial charge < -0.3 is 33.4 Å². The van der Waals surface area contributed by atoms with Crippen molar-refractivity contribution in [1.29, 1.82) is 0 Å². The second-order valence-corrected chi connectivity index (χ2v) is 12.7. The van der Waals surface area contributed by atoms with Crippen molar-refractivity contribution in [2.45, 2.75) is 52.2 Å². The maximum atomic E-state index is 13.9. The Balaban J connectivity index is 0.00000343. The Morgan fingerprint density at radius 2 is 1.45 bits per heavy atom. The van der Waals surface area contributed by atoms with Crippen LogP contribution in [0.4, 0.5) is 5.69 Å². The highest BCUT2D eigenvalue weighted by atomic mass is 127. The van der Waals surface area contributed by atoms with E-state index in [1.807, 2.05) is 10.6 Å². The average Bonchev–Trinajstić information content (AvgIpc) is 3.68. The molecule has 7 rings (SSSR count). The van der Waals surface area contributed by atoms with Crippen molar-refractivity contribution in [2.75, 3.05) is 11.4 Å². The first kappa shape index (κ1) is 30.7. The number of nitrogens with zero attached hydrogens (tertiary/aromatic N) is 4. The fourth-order valence-electron chi connectivity index (χ4n) is 6.42. The number of aryl methyl sites for hydroxylation is 1. The van der Waals surface area contributed by atoms with E-state index in [2.05, 4.69) is 127 Å². The third-order valence-corrected chi connectivity index (χ3v) is 10.7. The van der Waals surface area contributed by atoms with Crippen molar-refractivity contribution in [3.63, 3.8) is 0 Å². The van der Waals surface area contributed by atoms with Gasteiger partial charge in [0.1, 0.15) is 22.1 Å². The molecule has 0 spiro atoms. The van der Waals surface area contributed by atoms with Crippen LogP contribution in [-0.2, 0) is 19.6 Å². The number of fused-ring (bicyclic) bond motifs is 6. The van der Waals surface area contributed by atoms with Crippen LogP contribution >= 0.6 is 23.1 Å². The zero-order valence-corrected chi connectivity index (χ0v) is 29.2. The number of hydrogen-bond donors (Lipinski definition) is 0. The van der Waals surface area contributed by atoms with Gasteiger partial charge in [0.15, 0.2) is 0 Å². The molecule has 6 aromatic rings. The Kier molecular flexibility index (Phi) is 8.77. The van der Waals surface area contributed by atoms with E-state index in [1.54, 1.807) is 23.1 Å². The summed E-state index contributed by atoms with van der Waals surface area (Å²) in [6, 6.07) is 26.0. The molecule has 1 aliphatic heterocycles. The summed E-state index contributed by atoms with van der Waals surface area (Å²) in [5.41, 5.74) is 3.49. The highest BCUT2D eigenvalue weighted by Crippen LogP contribution is 2.49. The van der Waals surface area contributed by atoms with Gasteiger partial charge in [-0.15, -0.1) is 0 Å². The number of thiazole rings is 1. The zero-order chi connectivity index (χ0) is 29.7. The van der Waals surface area contributed by atoms with E-state index in [1.165, 1.54) is 42.3 Å². The molecule has 1 aliphatic rings. The number of rotatable bonds is 6. The highest BCUT2D eigenvalue weighted by Gasteiger charge is 2.26. The van der Waals surface area contributed by atoms with E-state index < -0.39 is 0 Å². The second kappa shape index (κ2) is 12.6. The SMILES string of the molecule is CCN1/C(=C/C=c2/c(=O)n(CC)/c(=C\c3sc4c5ccccc5ccc4[n+]3CC)n2CC)Sc2ccc3ccccc3c21.[I-]. The smallest absolute Gasteiger partial charge is 0.276 e. The number of thioether (sulfide) groups is 1. The maximum absolute atomic E-state index is 13.9. The van der Waals surface area contributed by atoms with E-state index in [0.717, 1.165) is 34.0 Å². The summed E-state index contributed by atoms with van der Waals surface area (Å²) in [4.78, 5) is 17.5. The molecule has 0 atom stereocenters. The van der Waals surface area contributed by atoms with Crippen LogP contribution in [0.25, 0.3) is 43.9 Å². The first-order chi connectivity index (χ1) is 21.1. The molecule has 0 unspecified atom stereocenters. The predicted octanol–water partition coefficient (Wildman–Crippen LogP) is 3.61. The molecule has 2 aromatic heterocycles. The monoisotopic (exact) mass is 730 g/mol. The van der Waals surface area contributed by atoms with Crippen molar-refractivity contribution >= 4 is 72.7 Å². The number of hydrogen-bond acceptors (Lipinski definition) is 4. The fourth-order valence-corrected chi connectivity index (χ4v) is 8.85. The third kappa shape index (κ3) is 4.91. The molecule has 0 N–H and O–H groups in total. The summed E-state index contributed by atoms with van der Waals surface area (Å²) >= 11 is 3.58. The quantitative estimate of drug-likeness (QED) is 0.194.